The van der Waals surface area contributed by atoms with E-state index in [-0.39, 0.29) is 12.8 Å². The van der Waals surface area contributed by atoms with Crippen LogP contribution in [-0.4, -0.2) is 11.7 Å². The lowest BCUT2D eigenvalue weighted by atomic mass is 9.77. The highest BCUT2D eigenvalue weighted by molar-refractivity contribution is 5.08. The fourth-order valence-corrected chi connectivity index (χ4v) is 1.69. The van der Waals surface area contributed by atoms with E-state index in [1.165, 1.54) is 0 Å². The van der Waals surface area contributed by atoms with Gasteiger partial charge in [-0.2, -0.15) is 18.4 Å². The maximum Gasteiger partial charge on any atom is 0.391 e. The second-order valence-electron chi connectivity index (χ2n) is 3.60. The zero-order valence-electron chi connectivity index (χ0n) is 7.06. The molecule has 1 aliphatic rings. The summed E-state index contributed by atoms with van der Waals surface area (Å²) in [5, 5.41) is 8.59. The van der Waals surface area contributed by atoms with Crippen LogP contribution in [0.3, 0.4) is 0 Å². The quantitative estimate of drug-likeness (QED) is 0.637. The van der Waals surface area contributed by atoms with E-state index in [2.05, 4.69) is 0 Å². The number of nitrogens with two attached hydrogens (primary N) is 1. The Morgan fingerprint density at radius 1 is 1.46 bits per heavy atom. The first-order chi connectivity index (χ1) is 5.87. The highest BCUT2D eigenvalue weighted by Crippen LogP contribution is 2.40. The summed E-state index contributed by atoms with van der Waals surface area (Å²) in [6.07, 6.45) is -3.61. The monoisotopic (exact) mass is 192 g/mol. The summed E-state index contributed by atoms with van der Waals surface area (Å²) in [6.45, 7) is 0. The second kappa shape index (κ2) is 3.18. The van der Waals surface area contributed by atoms with Gasteiger partial charge in [-0.15, -0.1) is 0 Å². The predicted octanol–water partition coefficient (Wildman–Crippen LogP) is 1.96. The molecule has 1 rings (SSSR count). The smallest absolute Gasteiger partial charge is 0.313 e. The topological polar surface area (TPSA) is 49.8 Å². The fourth-order valence-electron chi connectivity index (χ4n) is 1.69. The van der Waals surface area contributed by atoms with E-state index in [0.717, 1.165) is 0 Å². The Morgan fingerprint density at radius 2 is 2.08 bits per heavy atom. The number of nitriles is 1. The largest absolute Gasteiger partial charge is 0.391 e. The van der Waals surface area contributed by atoms with E-state index in [1.54, 1.807) is 6.07 Å². The van der Waals surface area contributed by atoms with Crippen LogP contribution in [0.5, 0.6) is 0 Å². The molecule has 1 fully saturated rings. The van der Waals surface area contributed by atoms with Gasteiger partial charge in [-0.25, -0.2) is 0 Å². The summed E-state index contributed by atoms with van der Waals surface area (Å²) >= 11 is 0. The van der Waals surface area contributed by atoms with E-state index < -0.39 is 17.6 Å². The molecule has 2 N–H and O–H groups in total. The molecule has 0 heterocycles. The summed E-state index contributed by atoms with van der Waals surface area (Å²) in [5.74, 6) is -1.40. The first-order valence-corrected chi connectivity index (χ1v) is 4.14. The van der Waals surface area contributed by atoms with Gasteiger partial charge >= 0.3 is 6.18 Å². The van der Waals surface area contributed by atoms with Crippen LogP contribution in [0.4, 0.5) is 13.2 Å². The minimum absolute atomic E-state index is 0.101. The van der Waals surface area contributed by atoms with E-state index in [0.29, 0.717) is 12.8 Å². The van der Waals surface area contributed by atoms with Gasteiger partial charge in [0, 0.05) is 0 Å². The molecule has 5 heteroatoms. The van der Waals surface area contributed by atoms with Gasteiger partial charge in [-0.3, -0.25) is 0 Å². The van der Waals surface area contributed by atoms with Crippen molar-refractivity contribution in [3.8, 4) is 6.07 Å². The lowest BCUT2D eigenvalue weighted by Crippen LogP contribution is -2.46. The first kappa shape index (κ1) is 10.3. The molecule has 0 saturated heterocycles. The van der Waals surface area contributed by atoms with Crippen LogP contribution in [0.25, 0.3) is 0 Å². The van der Waals surface area contributed by atoms with Crippen molar-refractivity contribution >= 4 is 0 Å². The van der Waals surface area contributed by atoms with Crippen molar-refractivity contribution < 1.29 is 13.2 Å². The van der Waals surface area contributed by atoms with Crippen LogP contribution in [0.15, 0.2) is 0 Å². The van der Waals surface area contributed by atoms with E-state index >= 15 is 0 Å². The lowest BCUT2D eigenvalue weighted by molar-refractivity contribution is -0.185. The van der Waals surface area contributed by atoms with Crippen molar-refractivity contribution in [2.75, 3.05) is 0 Å². The third-order valence-corrected chi connectivity index (χ3v) is 2.47. The molecule has 13 heavy (non-hydrogen) atoms. The fraction of sp³-hybridized carbons (Fsp3) is 0.875. The van der Waals surface area contributed by atoms with Crippen molar-refractivity contribution in [1.29, 1.82) is 5.26 Å². The van der Waals surface area contributed by atoms with Crippen LogP contribution in [0, 0.1) is 17.2 Å². The van der Waals surface area contributed by atoms with Gasteiger partial charge in [-0.05, 0) is 25.7 Å². The van der Waals surface area contributed by atoms with Crippen LogP contribution in [0.2, 0.25) is 0 Å². The van der Waals surface area contributed by atoms with Crippen molar-refractivity contribution in [1.82, 2.24) is 0 Å². The van der Waals surface area contributed by atoms with Crippen LogP contribution < -0.4 is 5.73 Å². The number of hydrogen-bond acceptors (Lipinski definition) is 2. The lowest BCUT2D eigenvalue weighted by Gasteiger charge is -2.33. The minimum atomic E-state index is -4.21. The number of hydrogen-bond donors (Lipinski definition) is 1. The number of halogens is 3. The molecule has 0 aromatic carbocycles. The summed E-state index contributed by atoms with van der Waals surface area (Å²) < 4.78 is 36.8. The van der Waals surface area contributed by atoms with Crippen molar-refractivity contribution in [3.05, 3.63) is 0 Å². The van der Waals surface area contributed by atoms with Crippen molar-refractivity contribution in [3.63, 3.8) is 0 Å². The molecule has 74 valence electrons. The summed E-state index contributed by atoms with van der Waals surface area (Å²) in [7, 11) is 0. The zero-order valence-corrected chi connectivity index (χ0v) is 7.06. The molecule has 0 amide bonds. The van der Waals surface area contributed by atoms with Gasteiger partial charge in [-0.1, -0.05) is 0 Å². The third kappa shape index (κ3) is 2.34. The maximum absolute atomic E-state index is 12.3. The molecule has 0 aromatic heterocycles. The number of nitrogens with zero attached hydrogens (tertiary/aromatic N) is 1. The molecule has 2 unspecified atom stereocenters. The molecular formula is C8H11F3N2. The van der Waals surface area contributed by atoms with Gasteiger partial charge in [0.25, 0.3) is 0 Å². The number of alkyl halides is 3. The molecule has 2 atom stereocenters. The van der Waals surface area contributed by atoms with Gasteiger partial charge in [0.15, 0.2) is 0 Å². The van der Waals surface area contributed by atoms with E-state index in [4.69, 9.17) is 11.0 Å². The summed E-state index contributed by atoms with van der Waals surface area (Å²) in [6, 6.07) is 1.76. The van der Waals surface area contributed by atoms with E-state index in [1.807, 2.05) is 0 Å². The molecule has 0 aliphatic heterocycles. The Hall–Kier alpha value is -0.760. The Morgan fingerprint density at radius 3 is 2.54 bits per heavy atom. The standard InChI is InChI=1S/C8H11F3N2/c9-8(10,11)6-2-1-3-7(13,4-6)5-12/h6H,1-4,13H2. The summed E-state index contributed by atoms with van der Waals surface area (Å²) in [4.78, 5) is 0. The zero-order chi connectivity index (χ0) is 10.1. The molecular weight excluding hydrogens is 181 g/mol. The van der Waals surface area contributed by atoms with Crippen molar-refractivity contribution in [2.24, 2.45) is 11.7 Å². The normalized spacial score (nSPS) is 35.5. The third-order valence-electron chi connectivity index (χ3n) is 2.47. The molecule has 0 radical (unpaired) electrons. The molecule has 1 saturated carbocycles. The van der Waals surface area contributed by atoms with Crippen LogP contribution >= 0.6 is 0 Å². The second-order valence-corrected chi connectivity index (χ2v) is 3.60. The highest BCUT2D eigenvalue weighted by Gasteiger charge is 2.46. The van der Waals surface area contributed by atoms with Crippen LogP contribution in [0.1, 0.15) is 25.7 Å². The molecule has 2 nitrogen and oxygen atoms in total. The van der Waals surface area contributed by atoms with E-state index in [9.17, 15) is 13.2 Å². The SMILES string of the molecule is N#CC1(N)CCCC(C(F)(F)F)C1. The average Bonchev–Trinajstić information content (AvgIpc) is 2.03. The van der Waals surface area contributed by atoms with Crippen LogP contribution in [-0.2, 0) is 0 Å². The Bertz CT molecular complexity index is 231. The van der Waals surface area contributed by atoms with Gasteiger partial charge < -0.3 is 5.73 Å². The van der Waals surface area contributed by atoms with Gasteiger partial charge in [0.2, 0.25) is 0 Å². The first-order valence-electron chi connectivity index (χ1n) is 4.14. The Kier molecular flexibility index (Phi) is 2.53. The maximum atomic E-state index is 12.3. The number of rotatable bonds is 0. The highest BCUT2D eigenvalue weighted by atomic mass is 19.4. The average molecular weight is 192 g/mol. The summed E-state index contributed by atoms with van der Waals surface area (Å²) in [5.41, 5.74) is 4.22. The van der Waals surface area contributed by atoms with Gasteiger partial charge in [0.1, 0.15) is 5.54 Å². The molecule has 0 aromatic rings. The Labute approximate surface area is 74.5 Å². The van der Waals surface area contributed by atoms with Gasteiger partial charge in [0.05, 0.1) is 12.0 Å². The predicted molar refractivity (Wildman–Crippen MR) is 40.5 cm³/mol. The molecule has 0 spiro atoms. The minimum Gasteiger partial charge on any atom is -0.313 e. The molecule has 1 aliphatic carbocycles. The Balaban J connectivity index is 2.69. The molecule has 0 bridgehead atoms. The van der Waals surface area contributed by atoms with Crippen molar-refractivity contribution in [2.45, 2.75) is 37.4 Å².